The Morgan fingerprint density at radius 1 is 1.07 bits per heavy atom. The number of amides is 1. The molecule has 0 N–H and O–H groups in total. The molecule has 1 aromatic heterocycles. The summed E-state index contributed by atoms with van der Waals surface area (Å²) in [4.78, 5) is 21.7. The Morgan fingerprint density at radius 3 is 2.43 bits per heavy atom. The van der Waals surface area contributed by atoms with Crippen LogP contribution in [0.1, 0.15) is 30.6 Å². The summed E-state index contributed by atoms with van der Waals surface area (Å²) in [5.41, 5.74) is 1.74. The molecule has 0 unspecified atom stereocenters. The second-order valence-corrected chi connectivity index (χ2v) is 8.11. The van der Waals surface area contributed by atoms with Gasteiger partial charge in [0.25, 0.3) is 5.91 Å². The van der Waals surface area contributed by atoms with E-state index in [-0.39, 0.29) is 11.5 Å². The van der Waals surface area contributed by atoms with Crippen LogP contribution in [-0.2, 0) is 0 Å². The SMILES string of the molecule is CCN(CC)CCCN(C(=O)c1ccccc1F)c1nc(-c2ccc(Cl)cc2)cs1. The van der Waals surface area contributed by atoms with Gasteiger partial charge in [0.1, 0.15) is 5.82 Å². The minimum Gasteiger partial charge on any atom is -0.304 e. The molecule has 30 heavy (non-hydrogen) atoms. The van der Waals surface area contributed by atoms with E-state index in [4.69, 9.17) is 11.6 Å². The lowest BCUT2D eigenvalue weighted by Gasteiger charge is -2.23. The molecule has 0 fully saturated rings. The fourth-order valence-corrected chi connectivity index (χ4v) is 4.18. The average molecular weight is 446 g/mol. The van der Waals surface area contributed by atoms with Gasteiger partial charge in [-0.2, -0.15) is 0 Å². The zero-order valence-corrected chi connectivity index (χ0v) is 18.7. The molecule has 0 atom stereocenters. The largest absolute Gasteiger partial charge is 0.304 e. The lowest BCUT2D eigenvalue weighted by molar-refractivity contribution is 0.0982. The molecule has 7 heteroatoms. The Bertz CT molecular complexity index is 973. The predicted molar refractivity (Wildman–Crippen MR) is 123 cm³/mol. The van der Waals surface area contributed by atoms with E-state index in [1.807, 2.05) is 29.6 Å². The molecule has 0 radical (unpaired) electrons. The lowest BCUT2D eigenvalue weighted by atomic mass is 10.2. The number of hydrogen-bond donors (Lipinski definition) is 0. The van der Waals surface area contributed by atoms with Crippen molar-refractivity contribution in [1.82, 2.24) is 9.88 Å². The van der Waals surface area contributed by atoms with Crippen LogP contribution in [-0.4, -0.2) is 42.0 Å². The zero-order valence-electron chi connectivity index (χ0n) is 17.1. The highest BCUT2D eigenvalue weighted by Gasteiger charge is 2.23. The third kappa shape index (κ3) is 5.45. The topological polar surface area (TPSA) is 36.4 Å². The van der Waals surface area contributed by atoms with Crippen LogP contribution in [0.5, 0.6) is 0 Å². The van der Waals surface area contributed by atoms with Crippen LogP contribution < -0.4 is 4.90 Å². The third-order valence-corrected chi connectivity index (χ3v) is 6.08. The molecule has 0 aliphatic heterocycles. The molecular formula is C23H25ClFN3OS. The van der Waals surface area contributed by atoms with E-state index in [1.54, 1.807) is 17.0 Å². The van der Waals surface area contributed by atoms with E-state index in [2.05, 4.69) is 23.7 Å². The van der Waals surface area contributed by atoms with E-state index in [0.717, 1.165) is 37.3 Å². The van der Waals surface area contributed by atoms with E-state index in [0.29, 0.717) is 16.7 Å². The molecular weight excluding hydrogens is 421 g/mol. The van der Waals surface area contributed by atoms with Crippen molar-refractivity contribution in [2.75, 3.05) is 31.1 Å². The number of anilines is 1. The number of carbonyl (C=O) groups is 1. The summed E-state index contributed by atoms with van der Waals surface area (Å²) < 4.78 is 14.3. The second kappa shape index (κ2) is 10.7. The maximum absolute atomic E-state index is 14.3. The summed E-state index contributed by atoms with van der Waals surface area (Å²) >= 11 is 7.36. The van der Waals surface area contributed by atoms with Gasteiger partial charge in [-0.25, -0.2) is 9.37 Å². The van der Waals surface area contributed by atoms with Gasteiger partial charge < -0.3 is 4.90 Å². The van der Waals surface area contributed by atoms with Gasteiger partial charge in [-0.1, -0.05) is 49.7 Å². The van der Waals surface area contributed by atoms with Crippen LogP contribution in [0.4, 0.5) is 9.52 Å². The summed E-state index contributed by atoms with van der Waals surface area (Å²) in [6, 6.07) is 13.5. The van der Waals surface area contributed by atoms with Crippen molar-refractivity contribution in [3.8, 4) is 11.3 Å². The molecule has 0 bridgehead atoms. The summed E-state index contributed by atoms with van der Waals surface area (Å²) in [6.07, 6.45) is 0.776. The number of aromatic nitrogens is 1. The molecule has 1 amide bonds. The fraction of sp³-hybridized carbons (Fsp3) is 0.304. The van der Waals surface area contributed by atoms with Gasteiger partial charge in [0.05, 0.1) is 11.3 Å². The van der Waals surface area contributed by atoms with Crippen LogP contribution in [0.2, 0.25) is 5.02 Å². The van der Waals surface area contributed by atoms with Gasteiger partial charge in [0.15, 0.2) is 5.13 Å². The standard InChI is InChI=1S/C23H25ClFN3OS/c1-3-27(4-2)14-7-15-28(22(29)19-8-5-6-9-20(19)25)23-26-21(16-30-23)17-10-12-18(24)13-11-17/h5-6,8-13,16H,3-4,7,14-15H2,1-2H3. The maximum atomic E-state index is 14.3. The van der Waals surface area contributed by atoms with Crippen molar-refractivity contribution < 1.29 is 9.18 Å². The first kappa shape index (κ1) is 22.4. The highest BCUT2D eigenvalue weighted by Crippen LogP contribution is 2.29. The molecule has 0 spiro atoms. The zero-order chi connectivity index (χ0) is 21.5. The number of benzene rings is 2. The second-order valence-electron chi connectivity index (χ2n) is 6.84. The van der Waals surface area contributed by atoms with Gasteiger partial charge >= 0.3 is 0 Å². The van der Waals surface area contributed by atoms with Crippen molar-refractivity contribution in [1.29, 1.82) is 0 Å². The Hall–Kier alpha value is -2.28. The number of thiazole rings is 1. The van der Waals surface area contributed by atoms with Gasteiger partial charge in [0, 0.05) is 22.5 Å². The van der Waals surface area contributed by atoms with Gasteiger partial charge in [0.2, 0.25) is 0 Å². The van der Waals surface area contributed by atoms with Crippen molar-refractivity contribution in [3.63, 3.8) is 0 Å². The number of nitrogens with zero attached hydrogens (tertiary/aromatic N) is 3. The van der Waals surface area contributed by atoms with Crippen molar-refractivity contribution in [2.24, 2.45) is 0 Å². The van der Waals surface area contributed by atoms with Crippen LogP contribution in [0.25, 0.3) is 11.3 Å². The molecule has 2 aromatic carbocycles. The molecule has 3 rings (SSSR count). The van der Waals surface area contributed by atoms with Crippen molar-refractivity contribution in [2.45, 2.75) is 20.3 Å². The molecule has 0 saturated carbocycles. The molecule has 1 heterocycles. The Balaban J connectivity index is 1.86. The Kier molecular flexibility index (Phi) is 7.96. The highest BCUT2D eigenvalue weighted by molar-refractivity contribution is 7.14. The average Bonchev–Trinajstić information content (AvgIpc) is 3.24. The number of rotatable bonds is 9. The van der Waals surface area contributed by atoms with E-state index in [9.17, 15) is 9.18 Å². The molecule has 4 nitrogen and oxygen atoms in total. The molecule has 0 aliphatic carbocycles. The van der Waals surface area contributed by atoms with Gasteiger partial charge in [-0.15, -0.1) is 11.3 Å². The lowest BCUT2D eigenvalue weighted by Crippen LogP contribution is -2.35. The predicted octanol–water partition coefficient (Wildman–Crippen LogP) is 5.98. The van der Waals surface area contributed by atoms with E-state index in [1.165, 1.54) is 23.5 Å². The summed E-state index contributed by atoms with van der Waals surface area (Å²) in [7, 11) is 0. The molecule has 0 saturated heterocycles. The first-order valence-electron chi connectivity index (χ1n) is 10.0. The number of halogens is 2. The van der Waals surface area contributed by atoms with Crippen molar-refractivity contribution >= 4 is 34.0 Å². The summed E-state index contributed by atoms with van der Waals surface area (Å²) in [5.74, 6) is -0.893. The number of carbonyl (C=O) groups excluding carboxylic acids is 1. The minimum absolute atomic E-state index is 0.0589. The van der Waals surface area contributed by atoms with Gasteiger partial charge in [-0.05, 0) is 50.3 Å². The summed E-state index contributed by atoms with van der Waals surface area (Å²) in [5, 5.41) is 3.12. The maximum Gasteiger partial charge on any atom is 0.263 e. The highest BCUT2D eigenvalue weighted by atomic mass is 35.5. The van der Waals surface area contributed by atoms with Gasteiger partial charge in [-0.3, -0.25) is 9.69 Å². The van der Waals surface area contributed by atoms with Crippen LogP contribution in [0.15, 0.2) is 53.9 Å². The summed E-state index contributed by atoms with van der Waals surface area (Å²) in [6.45, 7) is 7.47. The first-order valence-corrected chi connectivity index (χ1v) is 11.3. The molecule has 158 valence electrons. The monoisotopic (exact) mass is 445 g/mol. The fourth-order valence-electron chi connectivity index (χ4n) is 3.20. The van der Waals surface area contributed by atoms with Crippen LogP contribution in [0.3, 0.4) is 0 Å². The van der Waals surface area contributed by atoms with Crippen molar-refractivity contribution in [3.05, 3.63) is 70.3 Å². The first-order chi connectivity index (χ1) is 14.5. The third-order valence-electron chi connectivity index (χ3n) is 4.96. The minimum atomic E-state index is -0.522. The Labute approximate surface area is 185 Å². The smallest absolute Gasteiger partial charge is 0.263 e. The number of hydrogen-bond acceptors (Lipinski definition) is 4. The van der Waals surface area contributed by atoms with Crippen LogP contribution >= 0.6 is 22.9 Å². The van der Waals surface area contributed by atoms with Crippen LogP contribution in [0, 0.1) is 5.82 Å². The molecule has 0 aliphatic rings. The Morgan fingerprint density at radius 2 is 1.77 bits per heavy atom. The molecule has 3 aromatic rings. The normalized spacial score (nSPS) is 11.1. The van der Waals surface area contributed by atoms with E-state index >= 15 is 0 Å². The van der Waals surface area contributed by atoms with E-state index < -0.39 is 5.82 Å². The quantitative estimate of drug-likeness (QED) is 0.406.